The van der Waals surface area contributed by atoms with Crippen molar-refractivity contribution < 1.29 is 4.79 Å². The van der Waals surface area contributed by atoms with E-state index < -0.39 is 0 Å². The zero-order chi connectivity index (χ0) is 15.1. The lowest BCUT2D eigenvalue weighted by molar-refractivity contribution is -0.130. The molecule has 21 heavy (non-hydrogen) atoms. The number of hydrogen-bond donors (Lipinski definition) is 2. The summed E-state index contributed by atoms with van der Waals surface area (Å²) in [5, 5.41) is 9.27. The van der Waals surface area contributed by atoms with E-state index in [1.54, 1.807) is 18.4 Å². The standard InChI is InChI=1S/C14H23N5OS/c1-11-10-21-12(18-11)8-16-14(15-2)17-9-13(20)19-6-4-3-5-7-19/h10H,3-9H2,1-2H3,(H2,15,16,17). The Morgan fingerprint density at radius 1 is 1.38 bits per heavy atom. The average Bonchev–Trinajstić information content (AvgIpc) is 2.93. The molecule has 0 atom stereocenters. The fourth-order valence-electron chi connectivity index (χ4n) is 2.28. The first-order valence-corrected chi connectivity index (χ1v) is 8.20. The van der Waals surface area contributed by atoms with Gasteiger partial charge in [-0.2, -0.15) is 0 Å². The number of aryl methyl sites for hydroxylation is 1. The number of nitrogens with one attached hydrogen (secondary N) is 2. The molecule has 0 aromatic carbocycles. The van der Waals surface area contributed by atoms with Gasteiger partial charge in [-0.1, -0.05) is 0 Å². The molecule has 0 spiro atoms. The Kier molecular flexibility index (Phi) is 5.98. The van der Waals surface area contributed by atoms with E-state index in [-0.39, 0.29) is 12.5 Å². The van der Waals surface area contributed by atoms with Crippen LogP contribution < -0.4 is 10.6 Å². The van der Waals surface area contributed by atoms with Crippen molar-refractivity contribution in [3.63, 3.8) is 0 Å². The van der Waals surface area contributed by atoms with Gasteiger partial charge in [-0.05, 0) is 26.2 Å². The van der Waals surface area contributed by atoms with E-state index in [2.05, 4.69) is 20.6 Å². The minimum absolute atomic E-state index is 0.141. The number of carbonyl (C=O) groups excluding carboxylic acids is 1. The lowest BCUT2D eigenvalue weighted by atomic mass is 10.1. The number of likely N-dealkylation sites (tertiary alicyclic amines) is 1. The predicted octanol–water partition coefficient (Wildman–Crippen LogP) is 1.13. The van der Waals surface area contributed by atoms with E-state index in [9.17, 15) is 4.79 Å². The van der Waals surface area contributed by atoms with Crippen LogP contribution in [0.15, 0.2) is 10.4 Å². The van der Waals surface area contributed by atoms with Gasteiger partial charge < -0.3 is 15.5 Å². The van der Waals surface area contributed by atoms with Gasteiger partial charge in [-0.3, -0.25) is 9.79 Å². The van der Waals surface area contributed by atoms with Crippen LogP contribution in [-0.4, -0.2) is 48.4 Å². The van der Waals surface area contributed by atoms with Gasteiger partial charge in [0.15, 0.2) is 5.96 Å². The summed E-state index contributed by atoms with van der Waals surface area (Å²) in [5.74, 6) is 0.774. The number of carbonyl (C=O) groups is 1. The Bertz CT molecular complexity index is 493. The van der Waals surface area contributed by atoms with Crippen molar-refractivity contribution in [2.45, 2.75) is 32.7 Å². The molecule has 0 radical (unpaired) electrons. The fraction of sp³-hybridized carbons (Fsp3) is 0.643. The van der Waals surface area contributed by atoms with Gasteiger partial charge in [0.25, 0.3) is 0 Å². The van der Waals surface area contributed by atoms with Gasteiger partial charge in [0.05, 0.1) is 13.1 Å². The van der Waals surface area contributed by atoms with Crippen molar-refractivity contribution in [1.29, 1.82) is 0 Å². The fourth-order valence-corrected chi connectivity index (χ4v) is 2.99. The van der Waals surface area contributed by atoms with Gasteiger partial charge in [0.2, 0.25) is 5.91 Å². The number of hydrogen-bond acceptors (Lipinski definition) is 4. The number of thiazole rings is 1. The molecule has 0 saturated carbocycles. The second-order valence-electron chi connectivity index (χ2n) is 5.10. The number of aliphatic imine (C=N–C) groups is 1. The van der Waals surface area contributed by atoms with Crippen molar-refractivity contribution >= 4 is 23.2 Å². The van der Waals surface area contributed by atoms with E-state index in [0.29, 0.717) is 12.5 Å². The summed E-state index contributed by atoms with van der Waals surface area (Å²) < 4.78 is 0. The third-order valence-corrected chi connectivity index (χ3v) is 4.38. The zero-order valence-corrected chi connectivity index (χ0v) is 13.5. The molecule has 1 aromatic heterocycles. The second-order valence-corrected chi connectivity index (χ2v) is 6.05. The molecule has 0 aliphatic carbocycles. The number of aromatic nitrogens is 1. The SMILES string of the molecule is CN=C(NCC(=O)N1CCCCC1)NCc1nc(C)cs1. The van der Waals surface area contributed by atoms with Crippen molar-refractivity contribution in [2.24, 2.45) is 4.99 Å². The van der Waals surface area contributed by atoms with Gasteiger partial charge in [-0.25, -0.2) is 4.98 Å². The normalized spacial score (nSPS) is 15.9. The summed E-state index contributed by atoms with van der Waals surface area (Å²) in [7, 11) is 1.70. The minimum atomic E-state index is 0.141. The molecule has 7 heteroatoms. The maximum atomic E-state index is 12.1. The quantitative estimate of drug-likeness (QED) is 0.646. The Hall–Kier alpha value is -1.63. The Balaban J connectivity index is 1.73. The first kappa shape index (κ1) is 15.8. The van der Waals surface area contributed by atoms with Crippen molar-refractivity contribution in [1.82, 2.24) is 20.5 Å². The van der Waals surface area contributed by atoms with Gasteiger partial charge >= 0.3 is 0 Å². The molecule has 1 aliphatic rings. The predicted molar refractivity (Wildman–Crippen MR) is 85.5 cm³/mol. The summed E-state index contributed by atoms with van der Waals surface area (Å²) in [6.45, 7) is 4.65. The maximum Gasteiger partial charge on any atom is 0.241 e. The minimum Gasteiger partial charge on any atom is -0.350 e. The van der Waals surface area contributed by atoms with Crippen molar-refractivity contribution in [2.75, 3.05) is 26.7 Å². The van der Waals surface area contributed by atoms with Crippen molar-refractivity contribution in [3.8, 4) is 0 Å². The first-order valence-electron chi connectivity index (χ1n) is 7.32. The molecule has 6 nitrogen and oxygen atoms in total. The van der Waals surface area contributed by atoms with Gasteiger partial charge in [0, 0.05) is 31.2 Å². The van der Waals surface area contributed by atoms with Crippen LogP contribution in [0.25, 0.3) is 0 Å². The number of nitrogens with zero attached hydrogens (tertiary/aromatic N) is 3. The smallest absolute Gasteiger partial charge is 0.241 e. The molecule has 1 fully saturated rings. The molecule has 1 aliphatic heterocycles. The zero-order valence-electron chi connectivity index (χ0n) is 12.7. The molecule has 2 N–H and O–H groups in total. The number of rotatable bonds is 4. The van der Waals surface area contributed by atoms with E-state index in [1.807, 2.05) is 17.2 Å². The van der Waals surface area contributed by atoms with E-state index >= 15 is 0 Å². The summed E-state index contributed by atoms with van der Waals surface area (Å²) >= 11 is 1.62. The van der Waals surface area contributed by atoms with Crippen LogP contribution in [0.2, 0.25) is 0 Å². The van der Waals surface area contributed by atoms with E-state index in [4.69, 9.17) is 0 Å². The van der Waals surface area contributed by atoms with E-state index in [1.165, 1.54) is 6.42 Å². The number of amides is 1. The summed E-state index contributed by atoms with van der Waals surface area (Å²) in [4.78, 5) is 22.5. The molecule has 1 saturated heterocycles. The van der Waals surface area contributed by atoms with Crippen LogP contribution in [0, 0.1) is 6.92 Å². The molecule has 1 amide bonds. The molecular weight excluding hydrogens is 286 g/mol. The highest BCUT2D eigenvalue weighted by Gasteiger charge is 2.16. The first-order chi connectivity index (χ1) is 10.2. The molecule has 2 rings (SSSR count). The Morgan fingerprint density at radius 2 is 2.14 bits per heavy atom. The number of guanidine groups is 1. The van der Waals surface area contributed by atoms with Crippen molar-refractivity contribution in [3.05, 3.63) is 16.1 Å². The van der Waals surface area contributed by atoms with Crippen LogP contribution in [-0.2, 0) is 11.3 Å². The van der Waals surface area contributed by atoms with Crippen LogP contribution >= 0.6 is 11.3 Å². The van der Waals surface area contributed by atoms with Crippen LogP contribution in [0.4, 0.5) is 0 Å². The van der Waals surface area contributed by atoms with Gasteiger partial charge in [0.1, 0.15) is 5.01 Å². The topological polar surface area (TPSA) is 69.6 Å². The monoisotopic (exact) mass is 309 g/mol. The average molecular weight is 309 g/mol. The lowest BCUT2D eigenvalue weighted by Gasteiger charge is -2.27. The number of piperidine rings is 1. The molecule has 1 aromatic rings. The highest BCUT2D eigenvalue weighted by atomic mass is 32.1. The highest BCUT2D eigenvalue weighted by Crippen LogP contribution is 2.08. The van der Waals surface area contributed by atoms with Crippen LogP contribution in [0.5, 0.6) is 0 Å². The Labute approximate surface area is 129 Å². The maximum absolute atomic E-state index is 12.1. The second kappa shape index (κ2) is 7.97. The largest absolute Gasteiger partial charge is 0.350 e. The van der Waals surface area contributed by atoms with Crippen LogP contribution in [0.3, 0.4) is 0 Å². The van der Waals surface area contributed by atoms with E-state index in [0.717, 1.165) is 36.6 Å². The summed E-state index contributed by atoms with van der Waals surface area (Å²) in [5.41, 5.74) is 1.03. The highest BCUT2D eigenvalue weighted by molar-refractivity contribution is 7.09. The summed E-state index contributed by atoms with van der Waals surface area (Å²) in [6.07, 6.45) is 3.46. The molecule has 2 heterocycles. The van der Waals surface area contributed by atoms with Crippen LogP contribution in [0.1, 0.15) is 30.0 Å². The molecule has 116 valence electrons. The molecule has 0 unspecified atom stereocenters. The molecule has 0 bridgehead atoms. The third-order valence-electron chi connectivity index (χ3n) is 3.41. The summed E-state index contributed by atoms with van der Waals surface area (Å²) in [6, 6.07) is 0. The molecular formula is C14H23N5OS. The lowest BCUT2D eigenvalue weighted by Crippen LogP contribution is -2.45. The van der Waals surface area contributed by atoms with Gasteiger partial charge in [-0.15, -0.1) is 11.3 Å². The third kappa shape index (κ3) is 5.00. The Morgan fingerprint density at radius 3 is 2.76 bits per heavy atom.